The number of hydrogen-bond acceptors (Lipinski definition) is 5. The van der Waals surface area contributed by atoms with Gasteiger partial charge >= 0.3 is 12.1 Å². The van der Waals surface area contributed by atoms with E-state index in [9.17, 15) is 19.5 Å². The van der Waals surface area contributed by atoms with Crippen molar-refractivity contribution in [3.8, 4) is 0 Å². The van der Waals surface area contributed by atoms with Gasteiger partial charge in [-0.05, 0) is 77.5 Å². The Hall–Kier alpha value is -3.10. The van der Waals surface area contributed by atoms with Gasteiger partial charge in [0.2, 0.25) is 0 Å². The predicted octanol–water partition coefficient (Wildman–Crippen LogP) is 4.22. The van der Waals surface area contributed by atoms with Crippen LogP contribution in [0.4, 0.5) is 14.9 Å². The van der Waals surface area contributed by atoms with Crippen LogP contribution in [0.2, 0.25) is 0 Å². The number of carboxylic acids is 1. The number of carboxylic acid groups (broad SMARTS) is 1. The van der Waals surface area contributed by atoms with Crippen LogP contribution >= 0.6 is 0 Å². The topological polar surface area (TPSA) is 101 Å². The van der Waals surface area contributed by atoms with Crippen molar-refractivity contribution in [1.82, 2.24) is 9.88 Å². The van der Waals surface area contributed by atoms with Gasteiger partial charge in [0, 0.05) is 30.6 Å². The lowest BCUT2D eigenvalue weighted by molar-refractivity contribution is 0.0494. The highest BCUT2D eigenvalue weighted by atomic mass is 19.1. The molecule has 2 aromatic rings. The second-order valence-electron chi connectivity index (χ2n) is 10.5. The van der Waals surface area contributed by atoms with E-state index in [-0.39, 0.29) is 23.6 Å². The lowest BCUT2D eigenvalue weighted by Gasteiger charge is -2.26. The molecular formula is C25H32FN3O5. The number of nitrogens with one attached hydrogen (secondary N) is 1. The molecule has 0 spiro atoms. The largest absolute Gasteiger partial charge is 0.477 e. The molecule has 1 saturated carbocycles. The minimum absolute atomic E-state index is 0.0595. The molecule has 1 aliphatic heterocycles. The second-order valence-corrected chi connectivity index (χ2v) is 10.5. The molecule has 0 radical (unpaired) electrons. The van der Waals surface area contributed by atoms with Crippen LogP contribution in [0.1, 0.15) is 68.9 Å². The van der Waals surface area contributed by atoms with E-state index < -0.39 is 29.0 Å². The number of alkyl carbamates (subject to hydrolysis) is 1. The number of amides is 1. The van der Waals surface area contributed by atoms with E-state index in [2.05, 4.69) is 5.32 Å². The summed E-state index contributed by atoms with van der Waals surface area (Å²) < 4.78 is 22.3. The van der Waals surface area contributed by atoms with E-state index in [0.29, 0.717) is 35.2 Å². The second kappa shape index (κ2) is 8.60. The molecule has 2 heterocycles. The SMILES string of the molecule is Cc1c(N2CC[C@@H]([C@H](C)NC(=O)OC(C)(C)C)C2)c(F)cc2cc(C(=O)O)c(=O)n(C3CC3)c12. The summed E-state index contributed by atoms with van der Waals surface area (Å²) in [6.45, 7) is 10.3. The van der Waals surface area contributed by atoms with Gasteiger partial charge in [0.1, 0.15) is 17.0 Å². The van der Waals surface area contributed by atoms with Crippen molar-refractivity contribution in [2.45, 2.75) is 71.6 Å². The fourth-order valence-electron chi connectivity index (χ4n) is 4.89. The van der Waals surface area contributed by atoms with Crippen molar-refractivity contribution in [2.75, 3.05) is 18.0 Å². The molecule has 2 N–H and O–H groups in total. The van der Waals surface area contributed by atoms with Crippen molar-refractivity contribution < 1.29 is 23.8 Å². The maximum Gasteiger partial charge on any atom is 0.407 e. The third-order valence-electron chi connectivity index (χ3n) is 6.62. The Morgan fingerprint density at radius 1 is 1.24 bits per heavy atom. The fourth-order valence-corrected chi connectivity index (χ4v) is 4.89. The molecule has 1 aliphatic carbocycles. The Bertz CT molecular complexity index is 1210. The number of hydrogen-bond donors (Lipinski definition) is 2. The summed E-state index contributed by atoms with van der Waals surface area (Å²) in [5.74, 6) is -1.66. The monoisotopic (exact) mass is 473 g/mol. The summed E-state index contributed by atoms with van der Waals surface area (Å²) in [7, 11) is 0. The Kier molecular flexibility index (Phi) is 6.08. The van der Waals surface area contributed by atoms with Crippen molar-refractivity contribution in [2.24, 2.45) is 5.92 Å². The molecule has 9 heteroatoms. The molecule has 1 aromatic heterocycles. The quantitative estimate of drug-likeness (QED) is 0.674. The standard InChI is InChI=1S/C25H32FN3O5/c1-13-20-16(10-18(23(31)32)22(30)29(20)17-6-7-17)11-19(26)21(13)28-9-8-15(12-28)14(2)27-24(33)34-25(3,4)5/h10-11,14-15,17H,6-9,12H2,1-5H3,(H,27,33)(H,31,32)/t14-,15+/m0/s1. The number of carbonyl (C=O) groups is 2. The van der Waals surface area contributed by atoms with Gasteiger partial charge in [-0.1, -0.05) is 0 Å². The van der Waals surface area contributed by atoms with Crippen LogP contribution in [0, 0.1) is 18.7 Å². The normalized spacial score (nSPS) is 19.4. The molecule has 1 amide bonds. The van der Waals surface area contributed by atoms with Crippen molar-refractivity contribution in [3.05, 3.63) is 39.4 Å². The van der Waals surface area contributed by atoms with Crippen LogP contribution < -0.4 is 15.8 Å². The summed E-state index contributed by atoms with van der Waals surface area (Å²) in [4.78, 5) is 38.7. The number of aromatic nitrogens is 1. The number of fused-ring (bicyclic) bond motifs is 1. The first-order valence-corrected chi connectivity index (χ1v) is 11.7. The number of carbonyl (C=O) groups excluding carboxylic acids is 1. The number of halogens is 1. The van der Waals surface area contributed by atoms with Gasteiger partial charge in [-0.15, -0.1) is 0 Å². The Labute approximate surface area is 197 Å². The van der Waals surface area contributed by atoms with Gasteiger partial charge in [-0.2, -0.15) is 0 Å². The number of nitrogens with zero attached hydrogens (tertiary/aromatic N) is 2. The zero-order chi connectivity index (χ0) is 24.9. The molecule has 2 aliphatic rings. The third kappa shape index (κ3) is 4.60. The van der Waals surface area contributed by atoms with Crippen LogP contribution in [0.5, 0.6) is 0 Å². The fraction of sp³-hybridized carbons (Fsp3) is 0.560. The molecule has 2 fully saturated rings. The lowest BCUT2D eigenvalue weighted by atomic mass is 10.0. The maximum absolute atomic E-state index is 15.4. The van der Waals surface area contributed by atoms with Gasteiger partial charge < -0.3 is 24.6 Å². The summed E-state index contributed by atoms with van der Waals surface area (Å²) in [6.07, 6.45) is 1.88. The zero-order valence-corrected chi connectivity index (χ0v) is 20.3. The first-order chi connectivity index (χ1) is 15.9. The van der Waals surface area contributed by atoms with Gasteiger partial charge in [0.05, 0.1) is 11.2 Å². The molecule has 4 rings (SSSR count). The molecule has 0 bridgehead atoms. The van der Waals surface area contributed by atoms with Gasteiger partial charge in [-0.25, -0.2) is 14.0 Å². The highest BCUT2D eigenvalue weighted by Gasteiger charge is 2.34. The summed E-state index contributed by atoms with van der Waals surface area (Å²) >= 11 is 0. The number of benzene rings is 1. The van der Waals surface area contributed by atoms with Gasteiger partial charge in [0.15, 0.2) is 0 Å². The van der Waals surface area contributed by atoms with Crippen LogP contribution in [-0.2, 0) is 4.74 Å². The highest BCUT2D eigenvalue weighted by Crippen LogP contribution is 2.40. The zero-order valence-electron chi connectivity index (χ0n) is 20.3. The smallest absolute Gasteiger partial charge is 0.407 e. The summed E-state index contributed by atoms with van der Waals surface area (Å²) in [6, 6.07) is 2.39. The Balaban J connectivity index is 1.65. The van der Waals surface area contributed by atoms with E-state index in [1.165, 1.54) is 16.7 Å². The molecule has 1 aromatic carbocycles. The van der Waals surface area contributed by atoms with Crippen LogP contribution in [0.15, 0.2) is 16.9 Å². The van der Waals surface area contributed by atoms with Gasteiger partial charge in [0.25, 0.3) is 5.56 Å². The number of aromatic carboxylic acids is 1. The lowest BCUT2D eigenvalue weighted by Crippen LogP contribution is -2.42. The number of aryl methyl sites for hydroxylation is 1. The molecule has 8 nitrogen and oxygen atoms in total. The summed E-state index contributed by atoms with van der Waals surface area (Å²) in [5.41, 5.74) is 0.180. The number of ether oxygens (including phenoxy) is 1. The van der Waals surface area contributed by atoms with Crippen molar-refractivity contribution >= 4 is 28.7 Å². The van der Waals surface area contributed by atoms with E-state index in [0.717, 1.165) is 19.3 Å². The van der Waals surface area contributed by atoms with E-state index in [1.807, 2.05) is 11.8 Å². The average molecular weight is 474 g/mol. The summed E-state index contributed by atoms with van der Waals surface area (Å²) in [5, 5.41) is 12.8. The minimum Gasteiger partial charge on any atom is -0.477 e. The van der Waals surface area contributed by atoms with Crippen LogP contribution in [0.3, 0.4) is 0 Å². The molecule has 184 valence electrons. The predicted molar refractivity (Wildman–Crippen MR) is 127 cm³/mol. The van der Waals surface area contributed by atoms with E-state index in [1.54, 1.807) is 27.7 Å². The van der Waals surface area contributed by atoms with Gasteiger partial charge in [-0.3, -0.25) is 4.79 Å². The van der Waals surface area contributed by atoms with Crippen LogP contribution in [0.25, 0.3) is 10.9 Å². The first-order valence-electron chi connectivity index (χ1n) is 11.7. The Morgan fingerprint density at radius 2 is 1.91 bits per heavy atom. The molecule has 1 saturated heterocycles. The molecule has 2 atom stereocenters. The maximum atomic E-state index is 15.4. The average Bonchev–Trinajstić information content (AvgIpc) is 3.42. The van der Waals surface area contributed by atoms with Crippen molar-refractivity contribution in [3.63, 3.8) is 0 Å². The Morgan fingerprint density at radius 3 is 2.50 bits per heavy atom. The molecular weight excluding hydrogens is 441 g/mol. The number of anilines is 1. The number of pyridine rings is 1. The number of rotatable bonds is 5. The van der Waals surface area contributed by atoms with E-state index >= 15 is 4.39 Å². The molecule has 34 heavy (non-hydrogen) atoms. The van der Waals surface area contributed by atoms with Crippen LogP contribution in [-0.4, -0.2) is 46.5 Å². The third-order valence-corrected chi connectivity index (χ3v) is 6.62. The van der Waals surface area contributed by atoms with Crippen molar-refractivity contribution in [1.29, 1.82) is 0 Å². The van der Waals surface area contributed by atoms with E-state index in [4.69, 9.17) is 4.74 Å². The minimum atomic E-state index is -1.31. The molecule has 0 unspecified atom stereocenters. The highest BCUT2D eigenvalue weighted by molar-refractivity contribution is 5.95. The first kappa shape index (κ1) is 24.0.